The van der Waals surface area contributed by atoms with Gasteiger partial charge in [-0.25, -0.2) is 0 Å². The predicted molar refractivity (Wildman–Crippen MR) is 106 cm³/mol. The van der Waals surface area contributed by atoms with E-state index in [4.69, 9.17) is 9.47 Å². The van der Waals surface area contributed by atoms with Gasteiger partial charge in [0.25, 0.3) is 0 Å². The van der Waals surface area contributed by atoms with Gasteiger partial charge in [0.15, 0.2) is 0 Å². The van der Waals surface area contributed by atoms with E-state index >= 15 is 0 Å². The fourth-order valence-electron chi connectivity index (χ4n) is 4.15. The van der Waals surface area contributed by atoms with Gasteiger partial charge >= 0.3 is 0 Å². The summed E-state index contributed by atoms with van der Waals surface area (Å²) >= 11 is 0. The molecule has 1 N–H and O–H groups in total. The number of hydrogen-bond donors (Lipinski definition) is 1. The quantitative estimate of drug-likeness (QED) is 0.704. The fourth-order valence-corrected chi connectivity index (χ4v) is 4.15. The highest BCUT2D eigenvalue weighted by Gasteiger charge is 2.40. The molecule has 4 rings (SSSR count). The van der Waals surface area contributed by atoms with Crippen LogP contribution in [0.2, 0.25) is 0 Å². The van der Waals surface area contributed by atoms with Gasteiger partial charge in [-0.3, -0.25) is 0 Å². The SMILES string of the molecule is CCCCCCc1ccc2c(c1)[C@H]1OCCO[C@H]1[C@H](c1ccccc1)N2. The van der Waals surface area contributed by atoms with Crippen molar-refractivity contribution in [3.05, 3.63) is 65.2 Å². The molecule has 2 heterocycles. The second-order valence-electron chi connectivity index (χ2n) is 7.39. The summed E-state index contributed by atoms with van der Waals surface area (Å²) in [5.41, 5.74) is 5.10. The highest BCUT2D eigenvalue weighted by Crippen LogP contribution is 2.44. The van der Waals surface area contributed by atoms with Crippen molar-refractivity contribution in [3.63, 3.8) is 0 Å². The third kappa shape index (κ3) is 3.65. The second-order valence-corrected chi connectivity index (χ2v) is 7.39. The van der Waals surface area contributed by atoms with Gasteiger partial charge in [0, 0.05) is 11.3 Å². The molecule has 2 aromatic rings. The topological polar surface area (TPSA) is 30.5 Å². The largest absolute Gasteiger partial charge is 0.375 e. The highest BCUT2D eigenvalue weighted by atomic mass is 16.6. The van der Waals surface area contributed by atoms with E-state index in [1.54, 1.807) is 0 Å². The van der Waals surface area contributed by atoms with Crippen molar-refractivity contribution >= 4 is 5.69 Å². The highest BCUT2D eigenvalue weighted by molar-refractivity contribution is 5.58. The van der Waals surface area contributed by atoms with Gasteiger partial charge in [-0.05, 0) is 30.0 Å². The number of ether oxygens (including phenoxy) is 2. The molecule has 138 valence electrons. The van der Waals surface area contributed by atoms with Crippen molar-refractivity contribution in [3.8, 4) is 0 Å². The van der Waals surface area contributed by atoms with E-state index in [0.29, 0.717) is 13.2 Å². The van der Waals surface area contributed by atoms with Crippen LogP contribution in [-0.2, 0) is 15.9 Å². The molecular weight excluding hydrogens is 322 g/mol. The normalized spacial score (nSPS) is 24.4. The molecular formula is C23H29NO2. The lowest BCUT2D eigenvalue weighted by Gasteiger charge is -2.43. The van der Waals surface area contributed by atoms with Crippen LogP contribution in [0.1, 0.15) is 61.4 Å². The van der Waals surface area contributed by atoms with E-state index in [2.05, 4.69) is 60.8 Å². The first-order valence-corrected chi connectivity index (χ1v) is 10.0. The Morgan fingerprint density at radius 2 is 1.81 bits per heavy atom. The zero-order valence-corrected chi connectivity index (χ0v) is 15.6. The molecule has 0 amide bonds. The van der Waals surface area contributed by atoms with Gasteiger partial charge in [0.1, 0.15) is 12.2 Å². The Labute approximate surface area is 156 Å². The molecule has 3 heteroatoms. The zero-order chi connectivity index (χ0) is 17.8. The van der Waals surface area contributed by atoms with Gasteiger partial charge in [-0.1, -0.05) is 68.7 Å². The molecule has 0 saturated carbocycles. The number of benzene rings is 2. The van der Waals surface area contributed by atoms with Gasteiger partial charge in [0.05, 0.1) is 19.3 Å². The van der Waals surface area contributed by atoms with E-state index in [1.807, 2.05) is 0 Å². The molecule has 0 aliphatic carbocycles. The van der Waals surface area contributed by atoms with Crippen molar-refractivity contribution in [2.45, 2.75) is 57.3 Å². The Kier molecular flexibility index (Phi) is 5.57. The lowest BCUT2D eigenvalue weighted by molar-refractivity contribution is -0.151. The minimum Gasteiger partial charge on any atom is -0.375 e. The Morgan fingerprint density at radius 1 is 0.962 bits per heavy atom. The molecule has 2 aliphatic heterocycles. The maximum absolute atomic E-state index is 6.19. The third-order valence-electron chi connectivity index (χ3n) is 5.53. The number of hydrogen-bond acceptors (Lipinski definition) is 3. The summed E-state index contributed by atoms with van der Waals surface area (Å²) in [6.07, 6.45) is 6.37. The van der Waals surface area contributed by atoms with Crippen LogP contribution in [0.4, 0.5) is 5.69 Å². The lowest BCUT2D eigenvalue weighted by Crippen LogP contribution is -2.43. The summed E-state index contributed by atoms with van der Waals surface area (Å²) < 4.78 is 12.4. The first-order valence-electron chi connectivity index (χ1n) is 10.0. The minimum atomic E-state index is 0.0146. The van der Waals surface area contributed by atoms with Crippen molar-refractivity contribution in [1.82, 2.24) is 0 Å². The first kappa shape index (κ1) is 17.6. The van der Waals surface area contributed by atoms with Crippen LogP contribution in [0.15, 0.2) is 48.5 Å². The molecule has 3 atom stereocenters. The maximum Gasteiger partial charge on any atom is 0.113 e. The summed E-state index contributed by atoms with van der Waals surface area (Å²) in [5, 5.41) is 3.71. The van der Waals surface area contributed by atoms with Crippen LogP contribution in [0.5, 0.6) is 0 Å². The van der Waals surface area contributed by atoms with Crippen molar-refractivity contribution in [1.29, 1.82) is 0 Å². The van der Waals surface area contributed by atoms with Gasteiger partial charge < -0.3 is 14.8 Å². The third-order valence-corrected chi connectivity index (χ3v) is 5.53. The smallest absolute Gasteiger partial charge is 0.113 e. The first-order chi connectivity index (χ1) is 12.9. The Hall–Kier alpha value is -1.84. The van der Waals surface area contributed by atoms with E-state index in [-0.39, 0.29) is 18.2 Å². The van der Waals surface area contributed by atoms with E-state index in [9.17, 15) is 0 Å². The number of unbranched alkanes of at least 4 members (excludes halogenated alkanes) is 3. The average Bonchev–Trinajstić information content (AvgIpc) is 2.71. The van der Waals surface area contributed by atoms with Crippen LogP contribution in [0, 0.1) is 0 Å². The standard InChI is InChI=1S/C23H29NO2/c1-2-3-4-6-9-17-12-13-20-19(16-17)22-23(26-15-14-25-22)21(24-20)18-10-7-5-8-11-18/h5,7-8,10-13,16,21-24H,2-4,6,9,14-15H2,1H3/t21-,22+,23-/m0/s1. The predicted octanol–water partition coefficient (Wildman–Crippen LogP) is 5.43. The molecule has 3 nitrogen and oxygen atoms in total. The van der Waals surface area contributed by atoms with E-state index in [0.717, 1.165) is 6.42 Å². The summed E-state index contributed by atoms with van der Waals surface area (Å²) in [7, 11) is 0. The average molecular weight is 351 g/mol. The molecule has 0 aromatic heterocycles. The molecule has 0 radical (unpaired) electrons. The van der Waals surface area contributed by atoms with Crippen molar-refractivity contribution in [2.24, 2.45) is 0 Å². The molecule has 1 fully saturated rings. The second kappa shape index (κ2) is 8.24. The molecule has 2 aromatic carbocycles. The lowest BCUT2D eigenvalue weighted by atomic mass is 9.86. The van der Waals surface area contributed by atoms with Crippen LogP contribution in [-0.4, -0.2) is 19.3 Å². The van der Waals surface area contributed by atoms with Crippen LogP contribution >= 0.6 is 0 Å². The van der Waals surface area contributed by atoms with Crippen molar-refractivity contribution < 1.29 is 9.47 Å². The minimum absolute atomic E-state index is 0.0146. The molecule has 0 bridgehead atoms. The molecule has 0 unspecified atom stereocenters. The number of rotatable bonds is 6. The van der Waals surface area contributed by atoms with Crippen LogP contribution in [0.3, 0.4) is 0 Å². The summed E-state index contributed by atoms with van der Waals surface area (Å²) in [4.78, 5) is 0. The van der Waals surface area contributed by atoms with Crippen LogP contribution in [0.25, 0.3) is 0 Å². The van der Waals surface area contributed by atoms with Gasteiger partial charge in [-0.2, -0.15) is 0 Å². The Morgan fingerprint density at radius 3 is 2.65 bits per heavy atom. The summed E-state index contributed by atoms with van der Waals surface area (Å²) in [6, 6.07) is 17.5. The summed E-state index contributed by atoms with van der Waals surface area (Å²) in [6.45, 7) is 3.59. The monoisotopic (exact) mass is 351 g/mol. The fraction of sp³-hybridized carbons (Fsp3) is 0.478. The van der Waals surface area contributed by atoms with E-state index < -0.39 is 0 Å². The Balaban J connectivity index is 1.58. The summed E-state index contributed by atoms with van der Waals surface area (Å²) in [5.74, 6) is 0. The molecule has 1 saturated heterocycles. The number of anilines is 1. The molecule has 26 heavy (non-hydrogen) atoms. The van der Waals surface area contributed by atoms with Crippen molar-refractivity contribution in [2.75, 3.05) is 18.5 Å². The zero-order valence-electron chi connectivity index (χ0n) is 15.6. The maximum atomic E-state index is 6.19. The van der Waals surface area contributed by atoms with Gasteiger partial charge in [0.2, 0.25) is 0 Å². The number of nitrogens with one attached hydrogen (secondary N) is 1. The van der Waals surface area contributed by atoms with Crippen LogP contribution < -0.4 is 5.32 Å². The van der Waals surface area contributed by atoms with E-state index in [1.165, 1.54) is 48.1 Å². The number of fused-ring (bicyclic) bond motifs is 3. The molecule has 2 aliphatic rings. The van der Waals surface area contributed by atoms with Gasteiger partial charge in [-0.15, -0.1) is 0 Å². The molecule has 0 spiro atoms. The Bertz CT molecular complexity index is 715. The number of aryl methyl sites for hydroxylation is 1.